The number of carbonyl (C=O) groups is 1. The molecule has 0 aliphatic carbocycles. The number of nitrogens with zero attached hydrogens (tertiary/aromatic N) is 4. The Bertz CT molecular complexity index is 791. The Labute approximate surface area is 139 Å². The minimum atomic E-state index is -0.0527. The molecule has 1 unspecified atom stereocenters. The molecule has 3 aromatic rings. The smallest absolute Gasteiger partial charge is 0.289 e. The van der Waals surface area contributed by atoms with Crippen molar-refractivity contribution >= 4 is 5.91 Å². The highest BCUT2D eigenvalue weighted by Crippen LogP contribution is 2.25. The molecule has 3 aromatic heterocycles. The molecule has 4 heterocycles. The van der Waals surface area contributed by atoms with Crippen molar-refractivity contribution < 1.29 is 9.21 Å². The third kappa shape index (κ3) is 2.97. The maximum atomic E-state index is 12.7. The largest absolute Gasteiger partial charge is 0.454 e. The highest BCUT2D eigenvalue weighted by molar-refractivity contribution is 5.91. The molecule has 7 heteroatoms. The number of imidazole rings is 2. The Morgan fingerprint density at radius 1 is 1.38 bits per heavy atom. The summed E-state index contributed by atoms with van der Waals surface area (Å²) in [5, 5.41) is 0. The minimum absolute atomic E-state index is 0.0527. The molecule has 7 nitrogen and oxygen atoms in total. The fraction of sp³-hybridized carbons (Fsp3) is 0.353. The van der Waals surface area contributed by atoms with Crippen LogP contribution in [0.2, 0.25) is 0 Å². The number of carbonyl (C=O) groups excluding carboxylic acids is 1. The minimum Gasteiger partial charge on any atom is -0.454 e. The normalized spacial score (nSPS) is 18.0. The van der Waals surface area contributed by atoms with Crippen LogP contribution in [0.3, 0.4) is 0 Å². The number of amides is 1. The van der Waals surface area contributed by atoms with E-state index in [-0.39, 0.29) is 11.8 Å². The zero-order chi connectivity index (χ0) is 16.4. The Hall–Kier alpha value is -2.83. The maximum absolute atomic E-state index is 12.7. The Morgan fingerprint density at radius 3 is 3.12 bits per heavy atom. The van der Waals surface area contributed by atoms with Crippen molar-refractivity contribution in [3.8, 4) is 0 Å². The topological polar surface area (TPSA) is 79.9 Å². The number of hydrogen-bond acceptors (Lipinski definition) is 4. The first-order chi connectivity index (χ1) is 11.8. The number of H-pyrrole nitrogens is 1. The number of aromatic nitrogens is 4. The standard InChI is InChI=1S/C17H19N5O2/c23-17(15-4-3-14(24-15)11-21-9-7-18-12-21)22-8-1-2-13(10-22)16-19-5-6-20-16/h3-7,9,12-13H,1-2,8,10-11H2,(H,19,20). The Morgan fingerprint density at radius 2 is 2.33 bits per heavy atom. The van der Waals surface area contributed by atoms with Gasteiger partial charge in [0.1, 0.15) is 11.6 Å². The summed E-state index contributed by atoms with van der Waals surface area (Å²) in [6.45, 7) is 2.00. The summed E-state index contributed by atoms with van der Waals surface area (Å²) in [5.74, 6) is 2.30. The van der Waals surface area contributed by atoms with Crippen LogP contribution in [0.1, 0.15) is 40.9 Å². The first-order valence-electron chi connectivity index (χ1n) is 8.12. The van der Waals surface area contributed by atoms with Crippen molar-refractivity contribution in [2.24, 2.45) is 0 Å². The third-order valence-electron chi connectivity index (χ3n) is 4.38. The SMILES string of the molecule is O=C(c1ccc(Cn2ccnc2)o1)N1CCCC(c2ncc[nH]2)C1. The lowest BCUT2D eigenvalue weighted by Gasteiger charge is -2.31. The van der Waals surface area contributed by atoms with Gasteiger partial charge < -0.3 is 18.9 Å². The van der Waals surface area contributed by atoms with E-state index in [1.165, 1.54) is 0 Å². The Balaban J connectivity index is 1.44. The van der Waals surface area contributed by atoms with Crippen LogP contribution < -0.4 is 0 Å². The first kappa shape index (κ1) is 14.7. The molecule has 4 rings (SSSR count). The van der Waals surface area contributed by atoms with E-state index in [1.807, 2.05) is 27.9 Å². The van der Waals surface area contributed by atoms with E-state index in [4.69, 9.17) is 4.42 Å². The average Bonchev–Trinajstić information content (AvgIpc) is 3.37. The second kappa shape index (κ2) is 6.35. The van der Waals surface area contributed by atoms with Crippen molar-refractivity contribution in [2.75, 3.05) is 13.1 Å². The number of furan rings is 1. The van der Waals surface area contributed by atoms with E-state index in [9.17, 15) is 4.79 Å². The van der Waals surface area contributed by atoms with E-state index in [0.29, 0.717) is 18.8 Å². The summed E-state index contributed by atoms with van der Waals surface area (Å²) in [6.07, 6.45) is 10.9. The molecule has 1 amide bonds. The van der Waals surface area contributed by atoms with E-state index in [2.05, 4.69) is 15.0 Å². The molecule has 0 bridgehead atoms. The molecule has 1 N–H and O–H groups in total. The molecule has 1 aliphatic heterocycles. The monoisotopic (exact) mass is 325 g/mol. The first-order valence-corrected chi connectivity index (χ1v) is 8.12. The summed E-state index contributed by atoms with van der Waals surface area (Å²) in [4.78, 5) is 26.1. The molecule has 0 aromatic carbocycles. The molecule has 1 aliphatic rings. The van der Waals surface area contributed by atoms with E-state index < -0.39 is 0 Å². The highest BCUT2D eigenvalue weighted by Gasteiger charge is 2.28. The summed E-state index contributed by atoms with van der Waals surface area (Å²) >= 11 is 0. The van der Waals surface area contributed by atoms with Gasteiger partial charge in [0.15, 0.2) is 5.76 Å². The summed E-state index contributed by atoms with van der Waals surface area (Å²) < 4.78 is 7.64. The third-order valence-corrected chi connectivity index (χ3v) is 4.38. The predicted octanol–water partition coefficient (Wildman–Crippen LogP) is 2.27. The van der Waals surface area contributed by atoms with Crippen molar-refractivity contribution in [1.29, 1.82) is 0 Å². The molecule has 0 saturated carbocycles. The molecule has 1 fully saturated rings. The quantitative estimate of drug-likeness (QED) is 0.798. The van der Waals surface area contributed by atoms with Crippen molar-refractivity contribution in [1.82, 2.24) is 24.4 Å². The number of aromatic amines is 1. The fourth-order valence-corrected chi connectivity index (χ4v) is 3.18. The van der Waals surface area contributed by atoms with Crippen molar-refractivity contribution in [2.45, 2.75) is 25.3 Å². The van der Waals surface area contributed by atoms with Gasteiger partial charge in [-0.25, -0.2) is 9.97 Å². The number of likely N-dealkylation sites (tertiary alicyclic amines) is 1. The number of hydrogen-bond donors (Lipinski definition) is 1. The van der Waals surface area contributed by atoms with E-state index in [0.717, 1.165) is 31.0 Å². The number of nitrogens with one attached hydrogen (secondary N) is 1. The molecule has 0 spiro atoms. The summed E-state index contributed by atoms with van der Waals surface area (Å²) in [6, 6.07) is 3.60. The molecule has 124 valence electrons. The van der Waals surface area contributed by atoms with Crippen molar-refractivity contribution in [3.05, 3.63) is 60.6 Å². The molecule has 24 heavy (non-hydrogen) atoms. The molecular formula is C17H19N5O2. The van der Waals surface area contributed by atoms with Gasteiger partial charge in [-0.05, 0) is 25.0 Å². The van der Waals surface area contributed by atoms with E-state index >= 15 is 0 Å². The lowest BCUT2D eigenvalue weighted by atomic mass is 9.97. The van der Waals surface area contributed by atoms with Crippen LogP contribution in [0.4, 0.5) is 0 Å². The van der Waals surface area contributed by atoms with Crippen LogP contribution in [0.25, 0.3) is 0 Å². The molecule has 0 radical (unpaired) electrons. The lowest BCUT2D eigenvalue weighted by Crippen LogP contribution is -2.39. The van der Waals surface area contributed by atoms with Crippen molar-refractivity contribution in [3.63, 3.8) is 0 Å². The number of piperidine rings is 1. The maximum Gasteiger partial charge on any atom is 0.289 e. The van der Waals surface area contributed by atoms with Gasteiger partial charge in [-0.3, -0.25) is 4.79 Å². The Kier molecular flexibility index (Phi) is 3.90. The van der Waals surface area contributed by atoms with E-state index in [1.54, 1.807) is 24.8 Å². The number of rotatable bonds is 4. The van der Waals surface area contributed by atoms with Crippen LogP contribution in [0, 0.1) is 0 Å². The zero-order valence-corrected chi connectivity index (χ0v) is 13.3. The molecule has 1 saturated heterocycles. The zero-order valence-electron chi connectivity index (χ0n) is 13.3. The van der Waals surface area contributed by atoms with Gasteiger partial charge >= 0.3 is 0 Å². The second-order valence-electron chi connectivity index (χ2n) is 6.07. The van der Waals surface area contributed by atoms with Gasteiger partial charge in [0.2, 0.25) is 0 Å². The molecular weight excluding hydrogens is 306 g/mol. The molecule has 1 atom stereocenters. The predicted molar refractivity (Wildman–Crippen MR) is 86.5 cm³/mol. The van der Waals surface area contributed by atoms with Gasteiger partial charge in [0.05, 0.1) is 12.9 Å². The van der Waals surface area contributed by atoms with Gasteiger partial charge in [-0.15, -0.1) is 0 Å². The van der Waals surface area contributed by atoms with Gasteiger partial charge in [-0.1, -0.05) is 0 Å². The lowest BCUT2D eigenvalue weighted by molar-refractivity contribution is 0.0670. The highest BCUT2D eigenvalue weighted by atomic mass is 16.4. The van der Waals surface area contributed by atoms with Crippen LogP contribution in [0.15, 0.2) is 47.7 Å². The summed E-state index contributed by atoms with van der Waals surface area (Å²) in [5.41, 5.74) is 0. The van der Waals surface area contributed by atoms with Gasteiger partial charge in [0.25, 0.3) is 5.91 Å². The van der Waals surface area contributed by atoms with Crippen LogP contribution in [-0.4, -0.2) is 43.4 Å². The van der Waals surface area contributed by atoms with Crippen LogP contribution >= 0.6 is 0 Å². The van der Waals surface area contributed by atoms with Gasteiger partial charge in [-0.2, -0.15) is 0 Å². The summed E-state index contributed by atoms with van der Waals surface area (Å²) in [7, 11) is 0. The van der Waals surface area contributed by atoms with Crippen LogP contribution in [-0.2, 0) is 6.54 Å². The fourth-order valence-electron chi connectivity index (χ4n) is 3.18. The average molecular weight is 325 g/mol. The second-order valence-corrected chi connectivity index (χ2v) is 6.07. The van der Waals surface area contributed by atoms with Gasteiger partial charge in [0, 0.05) is 43.8 Å². The van der Waals surface area contributed by atoms with Crippen LogP contribution in [0.5, 0.6) is 0 Å².